The molecule has 8 nitrogen and oxygen atoms in total. The molecule has 3 amide bonds. The van der Waals surface area contributed by atoms with Crippen molar-refractivity contribution in [3.8, 4) is 5.75 Å². The fraction of sp³-hybridized carbons (Fsp3) is 0.367. The van der Waals surface area contributed by atoms with Gasteiger partial charge in [-0.3, -0.25) is 9.59 Å². The highest BCUT2D eigenvalue weighted by molar-refractivity contribution is 5.97. The number of pyridine rings is 1. The SMILES string of the molecule is CC(C)[C@H](NC(=O)N1C[C@@H]2C[C@@H](C1)c1cccc(=O)n1C2)C(=O)Nc1ccc(OCc2ccccc2)cc1. The second-order valence-corrected chi connectivity index (χ2v) is 10.6. The number of likely N-dealkylation sites (tertiary alicyclic amines) is 1. The number of nitrogens with one attached hydrogen (secondary N) is 2. The summed E-state index contributed by atoms with van der Waals surface area (Å²) in [5, 5.41) is 5.89. The number of carbonyl (C=O) groups is 2. The van der Waals surface area contributed by atoms with Crippen molar-refractivity contribution in [3.05, 3.63) is 94.4 Å². The van der Waals surface area contributed by atoms with Crippen LogP contribution in [-0.4, -0.2) is 40.5 Å². The fourth-order valence-electron chi connectivity index (χ4n) is 5.42. The Hall–Kier alpha value is -4.07. The highest BCUT2D eigenvalue weighted by Gasteiger charge is 2.37. The second-order valence-electron chi connectivity index (χ2n) is 10.6. The summed E-state index contributed by atoms with van der Waals surface area (Å²) in [6.07, 6.45) is 0.965. The molecule has 3 heterocycles. The van der Waals surface area contributed by atoms with Crippen molar-refractivity contribution in [1.82, 2.24) is 14.8 Å². The molecule has 38 heavy (non-hydrogen) atoms. The van der Waals surface area contributed by atoms with Crippen LogP contribution in [0.15, 0.2) is 77.6 Å². The monoisotopic (exact) mass is 514 g/mol. The molecule has 2 aromatic carbocycles. The lowest BCUT2D eigenvalue weighted by Crippen LogP contribution is -2.56. The lowest BCUT2D eigenvalue weighted by atomic mass is 9.83. The maximum Gasteiger partial charge on any atom is 0.318 e. The number of rotatable bonds is 7. The summed E-state index contributed by atoms with van der Waals surface area (Å²) in [6, 6.07) is 21.6. The third kappa shape index (κ3) is 5.74. The Bertz CT molecular complexity index is 1340. The lowest BCUT2D eigenvalue weighted by molar-refractivity contribution is -0.118. The van der Waals surface area contributed by atoms with Crippen LogP contribution >= 0.6 is 0 Å². The number of hydrogen-bond donors (Lipinski definition) is 2. The van der Waals surface area contributed by atoms with E-state index < -0.39 is 6.04 Å². The van der Waals surface area contributed by atoms with Crippen LogP contribution in [0.5, 0.6) is 5.75 Å². The quantitative estimate of drug-likeness (QED) is 0.494. The molecule has 2 bridgehead atoms. The number of nitrogens with zero attached hydrogens (tertiary/aromatic N) is 2. The molecule has 1 fully saturated rings. The van der Waals surface area contributed by atoms with E-state index in [-0.39, 0.29) is 35.3 Å². The van der Waals surface area contributed by atoms with E-state index in [1.165, 1.54) is 0 Å². The summed E-state index contributed by atoms with van der Waals surface area (Å²) in [6.45, 7) is 6.02. The summed E-state index contributed by atoms with van der Waals surface area (Å²) in [5.74, 6) is 0.689. The predicted octanol–water partition coefficient (Wildman–Crippen LogP) is 4.22. The van der Waals surface area contributed by atoms with Crippen molar-refractivity contribution in [3.63, 3.8) is 0 Å². The molecule has 0 aliphatic carbocycles. The van der Waals surface area contributed by atoms with Gasteiger partial charge in [-0.1, -0.05) is 50.2 Å². The molecule has 1 aromatic heterocycles. The number of benzene rings is 2. The predicted molar refractivity (Wildman–Crippen MR) is 146 cm³/mol. The van der Waals surface area contributed by atoms with E-state index in [1.54, 1.807) is 29.2 Å². The summed E-state index contributed by atoms with van der Waals surface area (Å²) >= 11 is 0. The third-order valence-corrected chi connectivity index (χ3v) is 7.37. The number of fused-ring (bicyclic) bond motifs is 4. The highest BCUT2D eigenvalue weighted by atomic mass is 16.5. The summed E-state index contributed by atoms with van der Waals surface area (Å²) in [7, 11) is 0. The molecule has 0 unspecified atom stereocenters. The molecular formula is C30H34N4O4. The molecule has 1 saturated heterocycles. The van der Waals surface area contributed by atoms with Crippen LogP contribution in [0.1, 0.15) is 37.4 Å². The van der Waals surface area contributed by atoms with Crippen LogP contribution in [0.25, 0.3) is 0 Å². The topological polar surface area (TPSA) is 92.7 Å². The molecule has 198 valence electrons. The van der Waals surface area contributed by atoms with Crippen LogP contribution in [0.2, 0.25) is 0 Å². The zero-order valence-electron chi connectivity index (χ0n) is 21.8. The standard InChI is InChI=1S/C30H34N4O4/c1-20(2)28(29(36)31-24-11-13-25(14-12-24)38-19-21-7-4-3-5-8-21)32-30(37)33-16-22-15-23(18-33)26-9-6-10-27(35)34(26)17-22/h3-14,20,22-23,28H,15-19H2,1-2H3,(H,31,36)(H,32,37)/t22-,23-,28-/m0/s1. The third-order valence-electron chi connectivity index (χ3n) is 7.37. The van der Waals surface area contributed by atoms with Gasteiger partial charge >= 0.3 is 6.03 Å². The Morgan fingerprint density at radius 3 is 2.45 bits per heavy atom. The van der Waals surface area contributed by atoms with Gasteiger partial charge in [-0.2, -0.15) is 0 Å². The first-order valence-electron chi connectivity index (χ1n) is 13.2. The van der Waals surface area contributed by atoms with Crippen LogP contribution in [0, 0.1) is 11.8 Å². The normalized spacial score (nSPS) is 18.9. The number of piperidine rings is 1. The van der Waals surface area contributed by atoms with E-state index in [0.29, 0.717) is 37.7 Å². The van der Waals surface area contributed by atoms with Crippen molar-refractivity contribution in [1.29, 1.82) is 0 Å². The zero-order valence-corrected chi connectivity index (χ0v) is 21.8. The number of urea groups is 1. The number of hydrogen-bond acceptors (Lipinski definition) is 4. The molecular weight excluding hydrogens is 480 g/mol. The first kappa shape index (κ1) is 25.6. The Balaban J connectivity index is 1.18. The Labute approximate surface area is 222 Å². The van der Waals surface area contributed by atoms with Gasteiger partial charge in [-0.15, -0.1) is 0 Å². The highest BCUT2D eigenvalue weighted by Crippen LogP contribution is 2.35. The lowest BCUT2D eigenvalue weighted by Gasteiger charge is -2.43. The van der Waals surface area contributed by atoms with Crippen LogP contribution < -0.4 is 20.9 Å². The first-order chi connectivity index (χ1) is 18.4. The number of amides is 3. The van der Waals surface area contributed by atoms with E-state index >= 15 is 0 Å². The number of aromatic nitrogens is 1. The number of anilines is 1. The molecule has 2 aliphatic heterocycles. The summed E-state index contributed by atoms with van der Waals surface area (Å²) < 4.78 is 7.67. The van der Waals surface area contributed by atoms with Crippen molar-refractivity contribution >= 4 is 17.6 Å². The minimum absolute atomic E-state index is 0.0161. The smallest absolute Gasteiger partial charge is 0.318 e. The molecule has 0 spiro atoms. The van der Waals surface area contributed by atoms with E-state index in [0.717, 1.165) is 17.7 Å². The molecule has 3 aromatic rings. The molecule has 0 radical (unpaired) electrons. The molecule has 8 heteroatoms. The minimum Gasteiger partial charge on any atom is -0.489 e. The molecule has 2 aliphatic rings. The number of carbonyl (C=O) groups excluding carboxylic acids is 2. The van der Waals surface area contributed by atoms with Gasteiger partial charge in [0, 0.05) is 43.0 Å². The minimum atomic E-state index is -0.687. The maximum atomic E-state index is 13.3. The first-order valence-corrected chi connectivity index (χ1v) is 13.2. The average Bonchev–Trinajstić information content (AvgIpc) is 2.92. The van der Waals surface area contributed by atoms with E-state index in [2.05, 4.69) is 10.6 Å². The Morgan fingerprint density at radius 1 is 0.947 bits per heavy atom. The van der Waals surface area contributed by atoms with Gasteiger partial charge in [-0.05, 0) is 54.2 Å². The van der Waals surface area contributed by atoms with Crippen molar-refractivity contribution in [2.75, 3.05) is 18.4 Å². The van der Waals surface area contributed by atoms with Gasteiger partial charge in [0.25, 0.3) is 5.56 Å². The largest absolute Gasteiger partial charge is 0.489 e. The van der Waals surface area contributed by atoms with Gasteiger partial charge in [0.05, 0.1) is 0 Å². The van der Waals surface area contributed by atoms with Crippen LogP contribution in [0.4, 0.5) is 10.5 Å². The molecule has 5 rings (SSSR count). The average molecular weight is 515 g/mol. The van der Waals surface area contributed by atoms with E-state index in [1.807, 2.05) is 66.9 Å². The van der Waals surface area contributed by atoms with Gasteiger partial charge in [-0.25, -0.2) is 4.79 Å². The molecule has 2 N–H and O–H groups in total. The van der Waals surface area contributed by atoms with Crippen molar-refractivity contribution in [2.24, 2.45) is 11.8 Å². The summed E-state index contributed by atoms with van der Waals surface area (Å²) in [5.41, 5.74) is 2.72. The molecule has 3 atom stereocenters. The fourth-order valence-corrected chi connectivity index (χ4v) is 5.42. The maximum absolute atomic E-state index is 13.3. The Morgan fingerprint density at radius 2 is 1.71 bits per heavy atom. The summed E-state index contributed by atoms with van der Waals surface area (Å²) in [4.78, 5) is 40.5. The van der Waals surface area contributed by atoms with Crippen LogP contribution in [-0.2, 0) is 17.9 Å². The van der Waals surface area contributed by atoms with Gasteiger partial charge in [0.1, 0.15) is 18.4 Å². The Kier molecular flexibility index (Phi) is 7.49. The van der Waals surface area contributed by atoms with Gasteiger partial charge < -0.3 is 24.8 Å². The molecule has 0 saturated carbocycles. The van der Waals surface area contributed by atoms with E-state index in [4.69, 9.17) is 4.74 Å². The van der Waals surface area contributed by atoms with Crippen LogP contribution in [0.3, 0.4) is 0 Å². The van der Waals surface area contributed by atoms with Crippen molar-refractivity contribution < 1.29 is 14.3 Å². The zero-order chi connectivity index (χ0) is 26.6. The van der Waals surface area contributed by atoms with Gasteiger partial charge in [0.15, 0.2) is 0 Å². The van der Waals surface area contributed by atoms with Gasteiger partial charge in [0.2, 0.25) is 5.91 Å². The number of ether oxygens (including phenoxy) is 1. The van der Waals surface area contributed by atoms with Crippen molar-refractivity contribution in [2.45, 2.75) is 45.4 Å². The second kappa shape index (κ2) is 11.1. The van der Waals surface area contributed by atoms with E-state index in [9.17, 15) is 14.4 Å².